The zero-order valence-corrected chi connectivity index (χ0v) is 11.0. The molecule has 1 atom stereocenters. The molecule has 1 unspecified atom stereocenters. The van der Waals surface area contributed by atoms with E-state index in [1.807, 2.05) is 0 Å². The van der Waals surface area contributed by atoms with Crippen LogP contribution in [-0.4, -0.2) is 46.9 Å². The van der Waals surface area contributed by atoms with Gasteiger partial charge in [-0.25, -0.2) is 5.84 Å². The number of anilines is 2. The molecule has 106 valence electrons. The molecule has 1 aliphatic heterocycles. The maximum atomic E-state index is 9.03. The summed E-state index contributed by atoms with van der Waals surface area (Å²) in [5.74, 6) is 6.65. The van der Waals surface area contributed by atoms with E-state index < -0.39 is 0 Å². The van der Waals surface area contributed by atoms with Crippen molar-refractivity contribution in [2.24, 2.45) is 11.8 Å². The summed E-state index contributed by atoms with van der Waals surface area (Å²) >= 11 is 0. The minimum absolute atomic E-state index is 0.217. The second-order valence-electron chi connectivity index (χ2n) is 4.56. The van der Waals surface area contributed by atoms with Crippen molar-refractivity contribution in [2.75, 3.05) is 37.1 Å². The Bertz CT molecular complexity index is 392. The standard InChI is InChI=1S/C11H20N6O2/c1-19-11-14-9(16-12)13-10(15-11)17-5-2-3-8(7-17)4-6-18/h8,18H,2-7,12H2,1H3,(H,13,14,15,16). The predicted octanol–water partition coefficient (Wildman–Crippen LogP) is -0.235. The minimum Gasteiger partial charge on any atom is -0.467 e. The molecule has 1 aliphatic rings. The summed E-state index contributed by atoms with van der Waals surface area (Å²) in [7, 11) is 1.50. The van der Waals surface area contributed by atoms with Crippen molar-refractivity contribution in [3.05, 3.63) is 0 Å². The molecule has 2 heterocycles. The Morgan fingerprint density at radius 1 is 1.47 bits per heavy atom. The van der Waals surface area contributed by atoms with Gasteiger partial charge >= 0.3 is 6.01 Å². The Balaban J connectivity index is 2.15. The van der Waals surface area contributed by atoms with Gasteiger partial charge in [-0.1, -0.05) is 0 Å². The zero-order valence-electron chi connectivity index (χ0n) is 11.0. The van der Waals surface area contributed by atoms with Crippen molar-refractivity contribution in [1.82, 2.24) is 15.0 Å². The van der Waals surface area contributed by atoms with Crippen LogP contribution >= 0.6 is 0 Å². The van der Waals surface area contributed by atoms with Gasteiger partial charge in [-0.2, -0.15) is 15.0 Å². The summed E-state index contributed by atoms with van der Waals surface area (Å²) < 4.78 is 5.04. The number of piperidine rings is 1. The molecular formula is C11H20N6O2. The van der Waals surface area contributed by atoms with E-state index in [0.29, 0.717) is 11.9 Å². The van der Waals surface area contributed by atoms with Gasteiger partial charge in [0.15, 0.2) is 0 Å². The molecule has 2 rings (SSSR count). The molecule has 1 aromatic rings. The lowest BCUT2D eigenvalue weighted by Gasteiger charge is -2.32. The van der Waals surface area contributed by atoms with Crippen LogP contribution in [0.1, 0.15) is 19.3 Å². The molecular weight excluding hydrogens is 248 g/mol. The van der Waals surface area contributed by atoms with Crippen LogP contribution < -0.4 is 20.9 Å². The third-order valence-electron chi connectivity index (χ3n) is 3.25. The van der Waals surface area contributed by atoms with E-state index >= 15 is 0 Å². The van der Waals surface area contributed by atoms with Crippen molar-refractivity contribution >= 4 is 11.9 Å². The fourth-order valence-corrected chi connectivity index (χ4v) is 2.31. The molecule has 0 amide bonds. The number of nitrogens with one attached hydrogen (secondary N) is 1. The number of nitrogens with two attached hydrogens (primary N) is 1. The Labute approximate surface area is 112 Å². The molecule has 1 saturated heterocycles. The highest BCUT2D eigenvalue weighted by atomic mass is 16.5. The molecule has 0 aromatic carbocycles. The molecule has 0 saturated carbocycles. The smallest absolute Gasteiger partial charge is 0.322 e. The average Bonchev–Trinajstić information content (AvgIpc) is 2.47. The number of methoxy groups -OCH3 is 1. The normalized spacial score (nSPS) is 19.3. The monoisotopic (exact) mass is 268 g/mol. The summed E-state index contributed by atoms with van der Waals surface area (Å²) in [4.78, 5) is 14.5. The second-order valence-corrected chi connectivity index (χ2v) is 4.56. The Kier molecular flexibility index (Phi) is 4.69. The molecule has 8 nitrogen and oxygen atoms in total. The van der Waals surface area contributed by atoms with Crippen LogP contribution in [0.5, 0.6) is 6.01 Å². The third kappa shape index (κ3) is 3.42. The lowest BCUT2D eigenvalue weighted by Crippen LogP contribution is -2.37. The number of aromatic nitrogens is 3. The van der Waals surface area contributed by atoms with E-state index in [9.17, 15) is 0 Å². The van der Waals surface area contributed by atoms with Crippen LogP contribution in [0.2, 0.25) is 0 Å². The first-order chi connectivity index (χ1) is 9.26. The van der Waals surface area contributed by atoms with Crippen LogP contribution in [0, 0.1) is 5.92 Å². The van der Waals surface area contributed by atoms with Crippen molar-refractivity contribution in [3.8, 4) is 6.01 Å². The van der Waals surface area contributed by atoms with Gasteiger partial charge in [0.1, 0.15) is 0 Å². The predicted molar refractivity (Wildman–Crippen MR) is 70.8 cm³/mol. The molecule has 0 aliphatic carbocycles. The zero-order chi connectivity index (χ0) is 13.7. The number of ether oxygens (including phenoxy) is 1. The summed E-state index contributed by atoms with van der Waals surface area (Å²) in [6.45, 7) is 1.94. The molecule has 1 fully saturated rings. The topological polar surface area (TPSA) is 109 Å². The fraction of sp³-hybridized carbons (Fsp3) is 0.727. The Morgan fingerprint density at radius 2 is 2.32 bits per heavy atom. The van der Waals surface area contributed by atoms with Crippen LogP contribution in [0.3, 0.4) is 0 Å². The highest BCUT2D eigenvalue weighted by molar-refractivity contribution is 5.38. The molecule has 4 N–H and O–H groups in total. The number of nitrogens with zero attached hydrogens (tertiary/aromatic N) is 4. The Hall–Kier alpha value is -1.67. The maximum absolute atomic E-state index is 9.03. The first-order valence-corrected chi connectivity index (χ1v) is 6.39. The first-order valence-electron chi connectivity index (χ1n) is 6.39. The van der Waals surface area contributed by atoms with Crippen LogP contribution in [0.25, 0.3) is 0 Å². The molecule has 8 heteroatoms. The van der Waals surface area contributed by atoms with E-state index in [1.54, 1.807) is 0 Å². The van der Waals surface area contributed by atoms with Gasteiger partial charge in [0.2, 0.25) is 11.9 Å². The maximum Gasteiger partial charge on any atom is 0.322 e. The van der Waals surface area contributed by atoms with Crippen LogP contribution in [0.15, 0.2) is 0 Å². The first kappa shape index (κ1) is 13.8. The highest BCUT2D eigenvalue weighted by Gasteiger charge is 2.22. The van der Waals surface area contributed by atoms with Crippen molar-refractivity contribution in [2.45, 2.75) is 19.3 Å². The SMILES string of the molecule is COc1nc(NN)nc(N2CCCC(CCO)C2)n1. The summed E-state index contributed by atoms with van der Waals surface area (Å²) in [6.07, 6.45) is 2.99. The average molecular weight is 268 g/mol. The second kappa shape index (κ2) is 6.48. The summed E-state index contributed by atoms with van der Waals surface area (Å²) in [5.41, 5.74) is 2.41. The van der Waals surface area contributed by atoms with E-state index in [1.165, 1.54) is 7.11 Å². The Morgan fingerprint density at radius 3 is 3.00 bits per heavy atom. The summed E-state index contributed by atoms with van der Waals surface area (Å²) in [5, 5.41) is 9.03. The molecule has 1 aromatic heterocycles. The quantitative estimate of drug-likeness (QED) is 0.496. The van der Waals surface area contributed by atoms with Gasteiger partial charge in [-0.05, 0) is 25.2 Å². The number of nitrogen functional groups attached to an aromatic ring is 1. The molecule has 0 spiro atoms. The van der Waals surface area contributed by atoms with Crippen molar-refractivity contribution in [1.29, 1.82) is 0 Å². The van der Waals surface area contributed by atoms with Gasteiger partial charge in [0, 0.05) is 19.7 Å². The van der Waals surface area contributed by atoms with E-state index in [4.69, 9.17) is 15.7 Å². The molecule has 0 radical (unpaired) electrons. The van der Waals surface area contributed by atoms with Crippen molar-refractivity contribution in [3.63, 3.8) is 0 Å². The van der Waals surface area contributed by atoms with Gasteiger partial charge in [-0.15, -0.1) is 0 Å². The highest BCUT2D eigenvalue weighted by Crippen LogP contribution is 2.23. The van der Waals surface area contributed by atoms with Gasteiger partial charge in [0.25, 0.3) is 0 Å². The fourth-order valence-electron chi connectivity index (χ4n) is 2.31. The van der Waals surface area contributed by atoms with Crippen LogP contribution in [0.4, 0.5) is 11.9 Å². The van der Waals surface area contributed by atoms with E-state index in [-0.39, 0.29) is 18.6 Å². The summed E-state index contributed by atoms with van der Waals surface area (Å²) in [6, 6.07) is 0.238. The van der Waals surface area contributed by atoms with E-state index in [0.717, 1.165) is 32.4 Å². The minimum atomic E-state index is 0.217. The van der Waals surface area contributed by atoms with Gasteiger partial charge < -0.3 is 14.7 Å². The number of rotatable bonds is 5. The number of hydrogen-bond acceptors (Lipinski definition) is 8. The van der Waals surface area contributed by atoms with E-state index in [2.05, 4.69) is 25.3 Å². The third-order valence-corrected chi connectivity index (χ3v) is 3.25. The number of aliphatic hydroxyl groups is 1. The number of hydrogen-bond donors (Lipinski definition) is 3. The lowest BCUT2D eigenvalue weighted by molar-refractivity contribution is 0.243. The van der Waals surface area contributed by atoms with Crippen molar-refractivity contribution < 1.29 is 9.84 Å². The van der Waals surface area contributed by atoms with Gasteiger partial charge in [-0.3, -0.25) is 5.43 Å². The molecule has 19 heavy (non-hydrogen) atoms. The van der Waals surface area contributed by atoms with Gasteiger partial charge in [0.05, 0.1) is 7.11 Å². The number of hydrazine groups is 1. The number of aliphatic hydroxyl groups excluding tert-OH is 1. The lowest BCUT2D eigenvalue weighted by atomic mass is 9.95. The largest absolute Gasteiger partial charge is 0.467 e. The van der Waals surface area contributed by atoms with Crippen LogP contribution in [-0.2, 0) is 0 Å². The molecule has 0 bridgehead atoms.